The van der Waals surface area contributed by atoms with Gasteiger partial charge in [0.05, 0.1) is 0 Å². The van der Waals surface area contributed by atoms with Gasteiger partial charge in [0.2, 0.25) is 13.4 Å². The predicted molar refractivity (Wildman–Crippen MR) is 357 cm³/mol. The third-order valence-corrected chi connectivity index (χ3v) is 17.6. The molecule has 16 rings (SSSR count). The van der Waals surface area contributed by atoms with Crippen LogP contribution in [0.5, 0.6) is 0 Å². The highest BCUT2D eigenvalue weighted by Crippen LogP contribution is 2.45. The summed E-state index contributed by atoms with van der Waals surface area (Å²) in [6.07, 6.45) is 0. The van der Waals surface area contributed by atoms with E-state index in [4.69, 9.17) is 0 Å². The summed E-state index contributed by atoms with van der Waals surface area (Å²) in [5, 5.41) is 17.4. The van der Waals surface area contributed by atoms with Crippen molar-refractivity contribution < 1.29 is 0 Å². The van der Waals surface area contributed by atoms with Crippen LogP contribution in [-0.4, -0.2) is 13.4 Å². The topological polar surface area (TPSA) is 0 Å². The molecule has 0 radical (unpaired) electrons. The minimum Gasteiger partial charge on any atom is -0.0680 e. The molecule has 0 N–H and O–H groups in total. The van der Waals surface area contributed by atoms with Crippen LogP contribution in [-0.2, 0) is 0 Å². The zero-order valence-electron chi connectivity index (χ0n) is 45.2. The zero-order chi connectivity index (χ0) is 54.1. The van der Waals surface area contributed by atoms with Crippen LogP contribution in [0.3, 0.4) is 0 Å². The van der Waals surface area contributed by atoms with Crippen LogP contribution in [0.25, 0.3) is 120 Å². The van der Waals surface area contributed by atoms with Crippen LogP contribution < -0.4 is 32.8 Å². The standard InChI is InChI=1S/C80H52B2/c1-3-23-57(24-4-1)67-31-15-17-33-69(67)75-51-77(81(63-39-35-53-19-7-11-27-59(53)47-63)64-40-36-54-20-8-12-28-60(54)48-64)73-46-44-72-76(70-34-18-16-32-68(70)58-25-5-2-6-26-58)52-78(74-45-43-71(75)79(73)80(72)74)82(65-41-37-55-21-9-13-29-61(55)49-65)66-42-38-56-22-10-14-30-62(56)50-66/h1-52H. The van der Waals surface area contributed by atoms with Crippen molar-refractivity contribution in [2.75, 3.05) is 0 Å². The molecule has 0 aliphatic rings. The fraction of sp³-hybridized carbons (Fsp3) is 0. The van der Waals surface area contributed by atoms with Crippen molar-refractivity contribution in [2.24, 2.45) is 0 Å². The lowest BCUT2D eigenvalue weighted by Gasteiger charge is -2.27. The van der Waals surface area contributed by atoms with E-state index >= 15 is 0 Å². The van der Waals surface area contributed by atoms with Crippen LogP contribution in [0.2, 0.25) is 0 Å². The largest absolute Gasteiger partial charge is 0.242 e. The van der Waals surface area contributed by atoms with Gasteiger partial charge in [-0.1, -0.05) is 348 Å². The number of hydrogen-bond donors (Lipinski definition) is 0. The highest BCUT2D eigenvalue weighted by molar-refractivity contribution is 6.98. The summed E-state index contributed by atoms with van der Waals surface area (Å²) in [4.78, 5) is 0. The maximum absolute atomic E-state index is 2.57. The third kappa shape index (κ3) is 8.09. The van der Waals surface area contributed by atoms with Crippen molar-refractivity contribution in [3.63, 3.8) is 0 Å². The zero-order valence-corrected chi connectivity index (χ0v) is 45.2. The van der Waals surface area contributed by atoms with E-state index in [1.165, 1.54) is 153 Å². The van der Waals surface area contributed by atoms with E-state index in [1.54, 1.807) is 0 Å². The summed E-state index contributed by atoms with van der Waals surface area (Å²) in [7, 11) is 0. The Morgan fingerprint density at radius 3 is 0.768 bits per heavy atom. The summed E-state index contributed by atoms with van der Waals surface area (Å²) in [5.41, 5.74) is 17.3. The molecule has 16 aromatic rings. The molecule has 0 amide bonds. The first-order chi connectivity index (χ1) is 40.7. The molecule has 2 heteroatoms. The fourth-order valence-corrected chi connectivity index (χ4v) is 13.8. The van der Waals surface area contributed by atoms with E-state index in [-0.39, 0.29) is 13.4 Å². The van der Waals surface area contributed by atoms with E-state index in [1.807, 2.05) is 0 Å². The third-order valence-electron chi connectivity index (χ3n) is 17.6. The molecule has 378 valence electrons. The monoisotopic (exact) mass is 1030 g/mol. The average molecular weight is 1030 g/mol. The van der Waals surface area contributed by atoms with Crippen molar-refractivity contribution in [3.05, 3.63) is 315 Å². The molecule has 0 fully saturated rings. The van der Waals surface area contributed by atoms with Gasteiger partial charge < -0.3 is 0 Å². The molecule has 0 saturated carbocycles. The van der Waals surface area contributed by atoms with Gasteiger partial charge in [0.1, 0.15) is 0 Å². The van der Waals surface area contributed by atoms with Gasteiger partial charge in [0, 0.05) is 0 Å². The average Bonchev–Trinajstić information content (AvgIpc) is 1.86. The minimum atomic E-state index is -0.123. The summed E-state index contributed by atoms with van der Waals surface area (Å²) < 4.78 is 0. The van der Waals surface area contributed by atoms with Crippen LogP contribution in [0.1, 0.15) is 0 Å². The SMILES string of the molecule is c1ccc(-c2ccccc2-c2cc(B(c3ccc4ccccc4c3)c3ccc4ccccc4c3)c3ccc4c(-c5ccccc5-c5ccccc5)cc(B(c5ccc6ccccc6c5)c5ccc6ccccc6c5)c5ccc2c3c54)cc1. The van der Waals surface area contributed by atoms with E-state index in [0.29, 0.717) is 0 Å². The van der Waals surface area contributed by atoms with Crippen molar-refractivity contribution in [2.45, 2.75) is 0 Å². The Kier molecular flexibility index (Phi) is 11.5. The van der Waals surface area contributed by atoms with Gasteiger partial charge in [0.25, 0.3) is 0 Å². The highest BCUT2D eigenvalue weighted by atomic mass is 14.2. The Bertz CT molecular complexity index is 4640. The smallest absolute Gasteiger partial charge is 0.0680 e. The molecule has 16 aromatic carbocycles. The molecule has 0 aliphatic heterocycles. The normalized spacial score (nSPS) is 11.7. The van der Waals surface area contributed by atoms with Crippen molar-refractivity contribution >= 4 is 122 Å². The Morgan fingerprint density at radius 2 is 0.439 bits per heavy atom. The first-order valence-corrected chi connectivity index (χ1v) is 28.7. The number of rotatable bonds is 10. The highest BCUT2D eigenvalue weighted by Gasteiger charge is 2.32. The second-order valence-corrected chi connectivity index (χ2v) is 22.2. The first-order valence-electron chi connectivity index (χ1n) is 28.7. The Balaban J connectivity index is 1.08. The van der Waals surface area contributed by atoms with Crippen molar-refractivity contribution in [1.82, 2.24) is 0 Å². The van der Waals surface area contributed by atoms with Gasteiger partial charge in [-0.15, -0.1) is 0 Å². The molecule has 0 atom stereocenters. The molecule has 0 aromatic heterocycles. The van der Waals surface area contributed by atoms with Crippen LogP contribution in [0.4, 0.5) is 0 Å². The molecule has 0 heterocycles. The molecule has 0 nitrogen and oxygen atoms in total. The van der Waals surface area contributed by atoms with E-state index in [0.717, 1.165) is 0 Å². The maximum Gasteiger partial charge on any atom is 0.242 e. The van der Waals surface area contributed by atoms with Gasteiger partial charge in [-0.25, -0.2) is 0 Å². The van der Waals surface area contributed by atoms with Gasteiger partial charge >= 0.3 is 0 Å². The van der Waals surface area contributed by atoms with Crippen molar-refractivity contribution in [1.29, 1.82) is 0 Å². The number of hydrogen-bond acceptors (Lipinski definition) is 0. The summed E-state index contributed by atoms with van der Waals surface area (Å²) in [5.74, 6) is 0. The van der Waals surface area contributed by atoms with Gasteiger partial charge in [0.15, 0.2) is 0 Å². The second-order valence-electron chi connectivity index (χ2n) is 22.2. The van der Waals surface area contributed by atoms with Gasteiger partial charge in [-0.3, -0.25) is 0 Å². The van der Waals surface area contributed by atoms with Crippen molar-refractivity contribution in [3.8, 4) is 44.5 Å². The molecule has 82 heavy (non-hydrogen) atoms. The second kappa shape index (κ2) is 19.8. The Morgan fingerprint density at radius 1 is 0.171 bits per heavy atom. The molecule has 0 aliphatic carbocycles. The summed E-state index contributed by atoms with van der Waals surface area (Å²) in [6.45, 7) is -0.246. The maximum atomic E-state index is 2.57. The van der Waals surface area contributed by atoms with E-state index < -0.39 is 0 Å². The Labute approximate surface area is 478 Å². The van der Waals surface area contributed by atoms with Crippen LogP contribution >= 0.6 is 0 Å². The van der Waals surface area contributed by atoms with E-state index in [2.05, 4.69) is 315 Å². The Hall–Kier alpha value is -10.3. The fourth-order valence-electron chi connectivity index (χ4n) is 13.8. The molecular weight excluding hydrogens is 983 g/mol. The number of fused-ring (bicyclic) bond motifs is 4. The molecule has 0 bridgehead atoms. The van der Waals surface area contributed by atoms with Gasteiger partial charge in [-0.2, -0.15) is 0 Å². The number of benzene rings is 16. The van der Waals surface area contributed by atoms with Gasteiger partial charge in [-0.05, 0) is 120 Å². The lowest BCUT2D eigenvalue weighted by molar-refractivity contribution is 1.60. The molecule has 0 unspecified atom stereocenters. The minimum absolute atomic E-state index is 0.123. The first kappa shape index (κ1) is 47.7. The molecule has 0 spiro atoms. The van der Waals surface area contributed by atoms with Crippen LogP contribution in [0.15, 0.2) is 315 Å². The lowest BCUT2D eigenvalue weighted by Crippen LogP contribution is -2.52. The van der Waals surface area contributed by atoms with Crippen LogP contribution in [0, 0.1) is 0 Å². The quantitative estimate of drug-likeness (QED) is 0.0946. The molecule has 0 saturated heterocycles. The molecular formula is C80H52B2. The predicted octanol–water partition coefficient (Wildman–Crippen LogP) is 16.9. The lowest BCUT2D eigenvalue weighted by atomic mass is 9.35. The summed E-state index contributed by atoms with van der Waals surface area (Å²) in [6, 6.07) is 119. The summed E-state index contributed by atoms with van der Waals surface area (Å²) >= 11 is 0. The van der Waals surface area contributed by atoms with E-state index in [9.17, 15) is 0 Å².